The molecule has 28 heteroatoms. The summed E-state index contributed by atoms with van der Waals surface area (Å²) < 4.78 is 59.7. The van der Waals surface area contributed by atoms with E-state index in [2.05, 4.69) is 33.3 Å². The van der Waals surface area contributed by atoms with Crippen LogP contribution in [0.2, 0.25) is 0 Å². The standard InChI is InChI=1S/C12H19N4O13P3.C12H16N4O4/c1-12(8-3-2-6-11(13)14-5-15-16(6)8)10(18)9(17)7(27-12)4-26-31(22,23)29-32(24,25)28-30(19,20)21;1-12(10(19)9(18)7(4-17)20-12)8-3-2-6-11(13)14-5-15-16(6)8/h2-3,5,7,9-10,17-18H,4H2,1H3,(H,22,23)(H,24,25)(H2,13,14,15)(H2,19,20,21);2-3,5,7,9-10,17-19H,4H2,1H3,(H2,13,14,15)/t2*7-,9-,10-,12+/m11/s1. The lowest BCUT2D eigenvalue weighted by molar-refractivity contribution is -0.0890. The lowest BCUT2D eigenvalue weighted by atomic mass is 9.93. The van der Waals surface area contributed by atoms with Crippen molar-refractivity contribution in [1.29, 1.82) is 0 Å². The summed E-state index contributed by atoms with van der Waals surface area (Å²) in [6, 6.07) is 6.46. The molecule has 6 heterocycles. The van der Waals surface area contributed by atoms with Crippen LogP contribution in [0, 0.1) is 0 Å². The number of nitrogens with zero attached hydrogens (tertiary/aromatic N) is 6. The molecule has 0 aliphatic carbocycles. The van der Waals surface area contributed by atoms with E-state index >= 15 is 0 Å². The lowest BCUT2D eigenvalue weighted by Gasteiger charge is -2.27. The Hall–Kier alpha value is -3.03. The molecule has 52 heavy (non-hydrogen) atoms. The second kappa shape index (κ2) is 14.3. The van der Waals surface area contributed by atoms with Crippen LogP contribution in [-0.4, -0.2) is 124 Å². The smallest absolute Gasteiger partial charge is 0.394 e. The summed E-state index contributed by atoms with van der Waals surface area (Å²) in [4.78, 5) is 43.5. The zero-order valence-corrected chi connectivity index (χ0v) is 29.5. The van der Waals surface area contributed by atoms with Gasteiger partial charge in [-0.15, -0.1) is 0 Å². The monoisotopic (exact) mass is 800 g/mol. The molecule has 0 radical (unpaired) electrons. The molecule has 10 atom stereocenters. The van der Waals surface area contributed by atoms with Gasteiger partial charge in [0.1, 0.15) is 71.5 Å². The van der Waals surface area contributed by atoms with Crippen molar-refractivity contribution in [2.75, 3.05) is 24.7 Å². The first kappa shape index (κ1) is 40.2. The third kappa shape index (κ3) is 7.78. The van der Waals surface area contributed by atoms with Crippen molar-refractivity contribution in [2.45, 2.75) is 61.7 Å². The Morgan fingerprint density at radius 2 is 1.19 bits per heavy atom. The summed E-state index contributed by atoms with van der Waals surface area (Å²) >= 11 is 0. The fourth-order valence-corrected chi connectivity index (χ4v) is 8.83. The molecule has 0 spiro atoms. The van der Waals surface area contributed by atoms with E-state index in [1.165, 1.54) is 34.4 Å². The Morgan fingerprint density at radius 1 is 0.750 bits per heavy atom. The van der Waals surface area contributed by atoms with Crippen LogP contribution in [0.25, 0.3) is 11.0 Å². The Bertz CT molecular complexity index is 2080. The minimum atomic E-state index is -5.70. The van der Waals surface area contributed by atoms with Crippen molar-refractivity contribution < 1.29 is 81.4 Å². The summed E-state index contributed by atoms with van der Waals surface area (Å²) in [7, 11) is -16.7. The highest BCUT2D eigenvalue weighted by molar-refractivity contribution is 7.66. The quantitative estimate of drug-likeness (QED) is 0.0746. The highest BCUT2D eigenvalue weighted by Gasteiger charge is 2.55. The number of aromatic nitrogens is 6. The molecule has 6 rings (SSSR count). The Balaban J connectivity index is 0.000000223. The Kier molecular flexibility index (Phi) is 11.1. The molecular formula is C24H35N8O17P3. The molecule has 0 bridgehead atoms. The molecule has 288 valence electrons. The van der Waals surface area contributed by atoms with Gasteiger partial charge in [0.2, 0.25) is 0 Å². The summed E-state index contributed by atoms with van der Waals surface area (Å²) in [6.45, 7) is 1.70. The van der Waals surface area contributed by atoms with Gasteiger partial charge in [-0.1, -0.05) is 0 Å². The third-order valence-corrected chi connectivity index (χ3v) is 12.1. The third-order valence-electron chi connectivity index (χ3n) is 8.31. The van der Waals surface area contributed by atoms with Crippen molar-refractivity contribution in [1.82, 2.24) is 29.2 Å². The van der Waals surface area contributed by atoms with Gasteiger partial charge in [0, 0.05) is 0 Å². The summed E-state index contributed by atoms with van der Waals surface area (Å²) in [5.74, 6) is 0.439. The maximum atomic E-state index is 11.9. The first-order valence-electron chi connectivity index (χ1n) is 14.7. The summed E-state index contributed by atoms with van der Waals surface area (Å²) in [5.41, 5.74) is 10.5. The fraction of sp³-hybridized carbons (Fsp3) is 0.500. The Labute approximate surface area is 291 Å². The van der Waals surface area contributed by atoms with Crippen LogP contribution in [0.1, 0.15) is 25.2 Å². The molecule has 4 aromatic heterocycles. The average Bonchev–Trinajstić information content (AvgIpc) is 3.78. The second-order valence-corrected chi connectivity index (χ2v) is 16.2. The van der Waals surface area contributed by atoms with Crippen LogP contribution in [0.3, 0.4) is 0 Å². The molecule has 2 aliphatic rings. The molecule has 0 saturated carbocycles. The van der Waals surface area contributed by atoms with E-state index in [1.807, 2.05) is 0 Å². The van der Waals surface area contributed by atoms with Gasteiger partial charge in [0.25, 0.3) is 0 Å². The van der Waals surface area contributed by atoms with E-state index < -0.39 is 77.9 Å². The van der Waals surface area contributed by atoms with Crippen molar-refractivity contribution in [3.63, 3.8) is 0 Å². The van der Waals surface area contributed by atoms with Gasteiger partial charge >= 0.3 is 23.5 Å². The van der Waals surface area contributed by atoms with Gasteiger partial charge in [-0.05, 0) is 38.1 Å². The van der Waals surface area contributed by atoms with Gasteiger partial charge in [0.15, 0.2) is 11.6 Å². The van der Waals surface area contributed by atoms with Crippen molar-refractivity contribution in [2.24, 2.45) is 0 Å². The predicted octanol–water partition coefficient (Wildman–Crippen LogP) is -2.37. The zero-order chi connectivity index (χ0) is 38.6. The van der Waals surface area contributed by atoms with Crippen molar-refractivity contribution in [3.8, 4) is 0 Å². The number of phosphoric acid groups is 3. The van der Waals surface area contributed by atoms with E-state index in [0.29, 0.717) is 22.5 Å². The molecule has 2 fully saturated rings. The van der Waals surface area contributed by atoms with Crippen LogP contribution < -0.4 is 11.5 Å². The van der Waals surface area contributed by atoms with Crippen molar-refractivity contribution >= 4 is 46.1 Å². The highest BCUT2D eigenvalue weighted by atomic mass is 31.3. The molecule has 2 unspecified atom stereocenters. The minimum Gasteiger partial charge on any atom is -0.394 e. The molecule has 25 nitrogen and oxygen atoms in total. The van der Waals surface area contributed by atoms with E-state index in [-0.39, 0.29) is 18.1 Å². The number of rotatable bonds is 10. The van der Waals surface area contributed by atoms with Crippen LogP contribution in [-0.2, 0) is 47.5 Å². The van der Waals surface area contributed by atoms with Gasteiger partial charge in [-0.2, -0.15) is 18.8 Å². The molecule has 2 aliphatic heterocycles. The first-order chi connectivity index (χ1) is 24.0. The summed E-state index contributed by atoms with van der Waals surface area (Å²) in [6.07, 6.45) is -5.47. The van der Waals surface area contributed by atoms with Crippen LogP contribution in [0.4, 0.5) is 11.6 Å². The van der Waals surface area contributed by atoms with E-state index in [1.54, 1.807) is 19.1 Å². The molecule has 13 N–H and O–H groups in total. The summed E-state index contributed by atoms with van der Waals surface area (Å²) in [5, 5.41) is 58.4. The Morgan fingerprint density at radius 3 is 1.62 bits per heavy atom. The lowest BCUT2D eigenvalue weighted by Crippen LogP contribution is -2.39. The topological polar surface area (TPSA) is 392 Å². The van der Waals surface area contributed by atoms with E-state index in [9.17, 15) is 44.1 Å². The first-order valence-corrected chi connectivity index (χ1v) is 19.2. The largest absolute Gasteiger partial charge is 0.490 e. The molecule has 0 aromatic carbocycles. The van der Waals surface area contributed by atoms with Crippen LogP contribution in [0.5, 0.6) is 0 Å². The zero-order valence-electron chi connectivity index (χ0n) is 26.8. The maximum Gasteiger partial charge on any atom is 0.490 e. The molecular weight excluding hydrogens is 765 g/mol. The number of hydrogen-bond acceptors (Lipinski definition) is 19. The average molecular weight is 801 g/mol. The number of fused-ring (bicyclic) bond motifs is 2. The number of nitrogen functional groups attached to an aromatic ring is 2. The molecule has 0 amide bonds. The van der Waals surface area contributed by atoms with Gasteiger partial charge in [0.05, 0.1) is 24.6 Å². The van der Waals surface area contributed by atoms with Crippen LogP contribution >= 0.6 is 23.5 Å². The number of phosphoric ester groups is 1. The maximum absolute atomic E-state index is 11.9. The number of hydrogen-bond donors (Lipinski definition) is 11. The predicted molar refractivity (Wildman–Crippen MR) is 170 cm³/mol. The molecule has 4 aromatic rings. The van der Waals surface area contributed by atoms with Gasteiger partial charge < -0.3 is 66.0 Å². The number of nitrogens with two attached hydrogens (primary N) is 2. The van der Waals surface area contributed by atoms with Crippen LogP contribution in [0.15, 0.2) is 36.9 Å². The number of aliphatic hydroxyl groups excluding tert-OH is 5. The minimum absolute atomic E-state index is 0.132. The number of anilines is 2. The number of aliphatic hydroxyl groups is 5. The van der Waals surface area contributed by atoms with Gasteiger partial charge in [-0.3, -0.25) is 4.52 Å². The van der Waals surface area contributed by atoms with Crippen molar-refractivity contribution in [3.05, 3.63) is 48.3 Å². The number of ether oxygens (including phenoxy) is 2. The SMILES string of the molecule is C[C@@]1(c2ccc3c(N)ncnn23)O[C@H](CO)[C@@H](O)[C@H]1O.C[C@@]1(c2ccc3c(N)ncnn23)O[C@H](COP(=O)(O)OP(=O)(O)OP(=O)(O)O)[C@@H](O)[C@H]1O. The van der Waals surface area contributed by atoms with E-state index in [0.717, 1.165) is 6.33 Å². The normalized spacial score (nSPS) is 31.7. The fourth-order valence-electron chi connectivity index (χ4n) is 5.80. The van der Waals surface area contributed by atoms with E-state index in [4.69, 9.17) is 35.6 Å². The highest BCUT2D eigenvalue weighted by Crippen LogP contribution is 2.66. The van der Waals surface area contributed by atoms with Gasteiger partial charge in [-0.25, -0.2) is 32.7 Å². The molecule has 2 saturated heterocycles. The second-order valence-electron chi connectivity index (χ2n) is 11.8.